The van der Waals surface area contributed by atoms with Gasteiger partial charge in [0.05, 0.1) is 12.6 Å². The van der Waals surface area contributed by atoms with E-state index in [0.29, 0.717) is 12.5 Å². The average Bonchev–Trinajstić information content (AvgIpc) is 2.78. The summed E-state index contributed by atoms with van der Waals surface area (Å²) in [6, 6.07) is 9.36. The summed E-state index contributed by atoms with van der Waals surface area (Å²) < 4.78 is 0. The summed E-state index contributed by atoms with van der Waals surface area (Å²) >= 11 is 0. The monoisotopic (exact) mass is 243 g/mol. The number of aliphatic hydroxyl groups is 1. The Hall–Kier alpha value is -1.79. The van der Waals surface area contributed by atoms with Crippen LogP contribution >= 0.6 is 0 Å². The summed E-state index contributed by atoms with van der Waals surface area (Å²) in [4.78, 5) is 13.7. The Morgan fingerprint density at radius 2 is 2.17 bits per heavy atom. The number of nitrogens with zero attached hydrogens (tertiary/aromatic N) is 1. The number of carbonyl (C=O) groups is 1. The van der Waals surface area contributed by atoms with Crippen molar-refractivity contribution in [3.8, 4) is 11.8 Å². The zero-order chi connectivity index (χ0) is 13.0. The van der Waals surface area contributed by atoms with Crippen molar-refractivity contribution in [2.45, 2.75) is 19.4 Å². The third kappa shape index (κ3) is 2.72. The van der Waals surface area contributed by atoms with Crippen LogP contribution in [0.1, 0.15) is 18.9 Å². The third-order valence-corrected chi connectivity index (χ3v) is 3.42. The van der Waals surface area contributed by atoms with Gasteiger partial charge in [-0.05, 0) is 24.5 Å². The molecule has 1 amide bonds. The van der Waals surface area contributed by atoms with Crippen molar-refractivity contribution in [1.29, 1.82) is 0 Å². The molecule has 0 radical (unpaired) electrons. The molecule has 3 nitrogen and oxygen atoms in total. The van der Waals surface area contributed by atoms with Gasteiger partial charge in [-0.25, -0.2) is 0 Å². The molecule has 1 heterocycles. The Balaban J connectivity index is 2.07. The second-order valence-electron chi connectivity index (χ2n) is 4.63. The summed E-state index contributed by atoms with van der Waals surface area (Å²) in [5, 5.41) is 9.30. The van der Waals surface area contributed by atoms with Crippen LogP contribution in [0.15, 0.2) is 30.3 Å². The van der Waals surface area contributed by atoms with Gasteiger partial charge in [0.2, 0.25) is 0 Å². The summed E-state index contributed by atoms with van der Waals surface area (Å²) in [5.74, 6) is 5.66. The van der Waals surface area contributed by atoms with Crippen LogP contribution in [0.4, 0.5) is 0 Å². The molecule has 0 aromatic heterocycles. The maximum atomic E-state index is 12.0. The lowest BCUT2D eigenvalue weighted by molar-refractivity contribution is -0.126. The van der Waals surface area contributed by atoms with Crippen LogP contribution in [0.25, 0.3) is 0 Å². The summed E-state index contributed by atoms with van der Waals surface area (Å²) in [7, 11) is 0. The van der Waals surface area contributed by atoms with Gasteiger partial charge in [0.1, 0.15) is 0 Å². The minimum atomic E-state index is -0.192. The minimum Gasteiger partial charge on any atom is -0.394 e. The average molecular weight is 243 g/mol. The largest absolute Gasteiger partial charge is 0.394 e. The maximum absolute atomic E-state index is 12.0. The first kappa shape index (κ1) is 12.7. The van der Waals surface area contributed by atoms with Crippen molar-refractivity contribution in [3.05, 3.63) is 35.9 Å². The third-order valence-electron chi connectivity index (χ3n) is 3.42. The number of benzene rings is 1. The van der Waals surface area contributed by atoms with Gasteiger partial charge in [0.25, 0.3) is 5.91 Å². The highest BCUT2D eigenvalue weighted by Crippen LogP contribution is 2.23. The van der Waals surface area contributed by atoms with E-state index < -0.39 is 0 Å². The Kier molecular flexibility index (Phi) is 4.01. The van der Waals surface area contributed by atoms with Crippen molar-refractivity contribution in [3.63, 3.8) is 0 Å². The maximum Gasteiger partial charge on any atom is 0.299 e. The SMILES string of the molecule is CC1CCN(C(=O)C#Cc2ccccc2)C1CO. The van der Waals surface area contributed by atoms with Crippen LogP contribution in [0.2, 0.25) is 0 Å². The van der Waals surface area contributed by atoms with E-state index >= 15 is 0 Å². The molecule has 1 aliphatic heterocycles. The molecular weight excluding hydrogens is 226 g/mol. The molecule has 18 heavy (non-hydrogen) atoms. The zero-order valence-corrected chi connectivity index (χ0v) is 10.5. The van der Waals surface area contributed by atoms with Crippen LogP contribution in [-0.4, -0.2) is 35.1 Å². The highest BCUT2D eigenvalue weighted by atomic mass is 16.3. The molecule has 1 saturated heterocycles. The molecule has 1 aromatic carbocycles. The van der Waals surface area contributed by atoms with Gasteiger partial charge in [-0.15, -0.1) is 0 Å². The van der Waals surface area contributed by atoms with Crippen molar-refractivity contribution in [2.24, 2.45) is 5.92 Å². The summed E-state index contributed by atoms with van der Waals surface area (Å²) in [5.41, 5.74) is 0.832. The Morgan fingerprint density at radius 3 is 2.83 bits per heavy atom. The number of aliphatic hydroxyl groups excluding tert-OH is 1. The highest BCUT2D eigenvalue weighted by molar-refractivity contribution is 5.94. The number of amides is 1. The van der Waals surface area contributed by atoms with Crippen molar-refractivity contribution >= 4 is 5.91 Å². The predicted octanol–water partition coefficient (Wildman–Crippen LogP) is 1.27. The quantitative estimate of drug-likeness (QED) is 0.755. The van der Waals surface area contributed by atoms with E-state index in [1.807, 2.05) is 30.3 Å². The Bertz CT molecular complexity index is 472. The first-order valence-electron chi connectivity index (χ1n) is 6.21. The lowest BCUT2D eigenvalue weighted by Gasteiger charge is -2.22. The first-order chi connectivity index (χ1) is 8.72. The van der Waals surface area contributed by atoms with Gasteiger partial charge in [-0.3, -0.25) is 4.79 Å². The molecule has 3 heteroatoms. The smallest absolute Gasteiger partial charge is 0.299 e. The molecule has 2 rings (SSSR count). The van der Waals surface area contributed by atoms with Gasteiger partial charge >= 0.3 is 0 Å². The first-order valence-corrected chi connectivity index (χ1v) is 6.21. The fourth-order valence-corrected chi connectivity index (χ4v) is 2.26. The molecule has 2 atom stereocenters. The van der Waals surface area contributed by atoms with E-state index in [2.05, 4.69) is 18.8 Å². The lowest BCUT2D eigenvalue weighted by atomic mass is 10.0. The van der Waals surface area contributed by atoms with Gasteiger partial charge in [0.15, 0.2) is 0 Å². The number of hydrogen-bond acceptors (Lipinski definition) is 2. The standard InChI is InChI=1S/C15H17NO2/c1-12-9-10-16(14(12)11-17)15(18)8-7-13-5-3-2-4-6-13/h2-6,12,14,17H,9-11H2,1H3. The molecular formula is C15H17NO2. The topological polar surface area (TPSA) is 40.5 Å². The molecule has 1 N–H and O–H groups in total. The van der Waals surface area contributed by atoms with Gasteiger partial charge in [0, 0.05) is 18.0 Å². The van der Waals surface area contributed by atoms with E-state index in [1.165, 1.54) is 0 Å². The van der Waals surface area contributed by atoms with Crippen LogP contribution in [0.3, 0.4) is 0 Å². The van der Waals surface area contributed by atoms with Gasteiger partial charge in [-0.1, -0.05) is 31.0 Å². The fourth-order valence-electron chi connectivity index (χ4n) is 2.26. The summed E-state index contributed by atoms with van der Waals surface area (Å²) in [6.45, 7) is 2.76. The minimum absolute atomic E-state index is 0.0138. The van der Waals surface area contributed by atoms with Gasteiger partial charge in [-0.2, -0.15) is 0 Å². The Morgan fingerprint density at radius 1 is 1.44 bits per heavy atom. The number of hydrogen-bond donors (Lipinski definition) is 1. The second-order valence-corrected chi connectivity index (χ2v) is 4.63. The molecule has 1 aromatic rings. The molecule has 0 saturated carbocycles. The normalized spacial score (nSPS) is 22.4. The van der Waals surface area contributed by atoms with E-state index in [-0.39, 0.29) is 18.6 Å². The number of rotatable bonds is 1. The van der Waals surface area contributed by atoms with E-state index in [4.69, 9.17) is 0 Å². The number of carbonyl (C=O) groups excluding carboxylic acids is 1. The molecule has 0 bridgehead atoms. The number of likely N-dealkylation sites (tertiary alicyclic amines) is 1. The van der Waals surface area contributed by atoms with Crippen LogP contribution in [0, 0.1) is 17.8 Å². The van der Waals surface area contributed by atoms with E-state index in [0.717, 1.165) is 12.0 Å². The van der Waals surface area contributed by atoms with Crippen molar-refractivity contribution in [1.82, 2.24) is 4.90 Å². The molecule has 0 spiro atoms. The summed E-state index contributed by atoms with van der Waals surface area (Å²) in [6.07, 6.45) is 0.935. The zero-order valence-electron chi connectivity index (χ0n) is 10.5. The van der Waals surface area contributed by atoms with Gasteiger partial charge < -0.3 is 10.0 Å². The highest BCUT2D eigenvalue weighted by Gasteiger charge is 2.32. The van der Waals surface area contributed by atoms with Crippen molar-refractivity contribution in [2.75, 3.05) is 13.2 Å². The molecule has 1 aliphatic rings. The predicted molar refractivity (Wildman–Crippen MR) is 69.7 cm³/mol. The molecule has 0 aliphatic carbocycles. The van der Waals surface area contributed by atoms with Crippen LogP contribution in [-0.2, 0) is 4.79 Å². The molecule has 2 unspecified atom stereocenters. The molecule has 1 fully saturated rings. The van der Waals surface area contributed by atoms with Crippen LogP contribution < -0.4 is 0 Å². The molecule has 94 valence electrons. The second kappa shape index (κ2) is 5.70. The van der Waals surface area contributed by atoms with E-state index in [9.17, 15) is 9.90 Å². The lowest BCUT2D eigenvalue weighted by Crippen LogP contribution is -2.39. The van der Waals surface area contributed by atoms with E-state index in [1.54, 1.807) is 4.90 Å². The van der Waals surface area contributed by atoms with Crippen LogP contribution in [0.5, 0.6) is 0 Å². The Labute approximate surface area is 107 Å². The van der Waals surface area contributed by atoms with Crippen molar-refractivity contribution < 1.29 is 9.90 Å². The fraction of sp³-hybridized carbons (Fsp3) is 0.400.